The van der Waals surface area contributed by atoms with Crippen molar-refractivity contribution in [2.24, 2.45) is 0 Å². The second-order valence-corrected chi connectivity index (χ2v) is 15.1. The number of furan rings is 2. The molecule has 4 heterocycles. The maximum absolute atomic E-state index is 7.00. The van der Waals surface area contributed by atoms with Crippen LogP contribution in [0.1, 0.15) is 0 Å². The van der Waals surface area contributed by atoms with Crippen LogP contribution in [-0.4, -0.2) is 0 Å². The molecule has 8 aromatic carbocycles. The van der Waals surface area contributed by atoms with Crippen molar-refractivity contribution in [2.45, 2.75) is 0 Å². The fraction of sp³-hybridized carbons (Fsp3) is 0. The van der Waals surface area contributed by atoms with Crippen molar-refractivity contribution in [1.82, 2.24) is 0 Å². The van der Waals surface area contributed by atoms with Crippen molar-refractivity contribution in [3.05, 3.63) is 145 Å². The first-order valence-electron chi connectivity index (χ1n) is 16.8. The number of benzene rings is 8. The molecule has 0 aliphatic rings. The van der Waals surface area contributed by atoms with E-state index in [2.05, 4.69) is 133 Å². The number of hydrogen-bond acceptors (Lipinski definition) is 4. The van der Waals surface area contributed by atoms with Crippen LogP contribution in [0.4, 0.5) is 0 Å². The lowest BCUT2D eigenvalue weighted by Gasteiger charge is -2.18. The maximum Gasteiger partial charge on any atom is 0.147 e. The summed E-state index contributed by atoms with van der Waals surface area (Å²) in [5.74, 6) is 0. The SMILES string of the molecule is c1ccc2c(c1)oc1ccc3c4cccc(-c5c6ccccc6c(-c6cccc7sc8ccc9ccsc9c8c67)c6ccccc56)c4oc3c12. The smallest absolute Gasteiger partial charge is 0.147 e. The van der Waals surface area contributed by atoms with Gasteiger partial charge in [-0.25, -0.2) is 0 Å². The molecule has 0 N–H and O–H groups in total. The lowest BCUT2D eigenvalue weighted by molar-refractivity contribution is 0.663. The minimum absolute atomic E-state index is 0.842. The van der Waals surface area contributed by atoms with Crippen LogP contribution in [0, 0.1) is 0 Å². The van der Waals surface area contributed by atoms with E-state index in [1.807, 2.05) is 34.8 Å². The van der Waals surface area contributed by atoms with Crippen molar-refractivity contribution in [1.29, 1.82) is 0 Å². The van der Waals surface area contributed by atoms with Crippen LogP contribution in [0.2, 0.25) is 0 Å². The van der Waals surface area contributed by atoms with Crippen LogP contribution in [0.5, 0.6) is 0 Å². The fourth-order valence-corrected chi connectivity index (χ4v) is 10.7. The predicted molar refractivity (Wildman–Crippen MR) is 215 cm³/mol. The summed E-state index contributed by atoms with van der Waals surface area (Å²) in [5.41, 5.74) is 8.34. The van der Waals surface area contributed by atoms with Crippen LogP contribution in [0.25, 0.3) is 118 Å². The van der Waals surface area contributed by atoms with Crippen molar-refractivity contribution in [3.8, 4) is 22.3 Å². The van der Waals surface area contributed by atoms with E-state index in [1.54, 1.807) is 0 Å². The standard InChI is InChI=1S/C46H24O2S2/c1-3-11-28-26(9-1)39(33-15-8-18-37-42(33)43-38(50-37)22-19-25-23-24-49-46(25)43)27-10-2-4-12-29(27)40(28)34-16-7-14-30-31-20-21-36-41(45(31)48-44(30)34)32-13-5-6-17-35(32)47-36/h1-24H. The van der Waals surface area contributed by atoms with Crippen molar-refractivity contribution in [3.63, 3.8) is 0 Å². The first-order chi connectivity index (χ1) is 24.8. The van der Waals surface area contributed by atoms with Gasteiger partial charge < -0.3 is 8.83 Å². The zero-order chi connectivity index (χ0) is 32.5. The van der Waals surface area contributed by atoms with E-state index in [4.69, 9.17) is 8.83 Å². The Morgan fingerprint density at radius 1 is 0.380 bits per heavy atom. The lowest BCUT2D eigenvalue weighted by Crippen LogP contribution is -1.91. The molecule has 0 atom stereocenters. The Morgan fingerprint density at radius 3 is 1.82 bits per heavy atom. The molecule has 2 nitrogen and oxygen atoms in total. The maximum atomic E-state index is 7.00. The monoisotopic (exact) mass is 672 g/mol. The van der Waals surface area contributed by atoms with Gasteiger partial charge in [0.2, 0.25) is 0 Å². The van der Waals surface area contributed by atoms with E-state index in [-0.39, 0.29) is 0 Å². The zero-order valence-corrected chi connectivity index (χ0v) is 28.1. The molecule has 12 aromatic rings. The average molecular weight is 673 g/mol. The zero-order valence-electron chi connectivity index (χ0n) is 26.5. The number of rotatable bonds is 2. The highest BCUT2D eigenvalue weighted by Crippen LogP contribution is 2.51. The Labute approximate surface area is 293 Å². The predicted octanol–water partition coefficient (Wildman–Crippen LogP) is 14.7. The topological polar surface area (TPSA) is 26.3 Å². The van der Waals surface area contributed by atoms with Crippen LogP contribution in [0.15, 0.2) is 154 Å². The number of thiophene rings is 2. The molecule has 0 aliphatic carbocycles. The van der Waals surface area contributed by atoms with Crippen molar-refractivity contribution >= 4 is 118 Å². The van der Waals surface area contributed by atoms with E-state index in [0.29, 0.717) is 0 Å². The molecule has 0 bridgehead atoms. The highest BCUT2D eigenvalue weighted by atomic mass is 32.1. The molecular formula is C46H24O2S2. The summed E-state index contributed by atoms with van der Waals surface area (Å²) in [6.45, 7) is 0. The van der Waals surface area contributed by atoms with Gasteiger partial charge in [-0.1, -0.05) is 103 Å². The summed E-state index contributed by atoms with van der Waals surface area (Å²) >= 11 is 3.73. The fourth-order valence-electron chi connectivity index (χ4n) is 8.51. The second-order valence-electron chi connectivity index (χ2n) is 13.1. The van der Waals surface area contributed by atoms with Crippen LogP contribution < -0.4 is 0 Å². The molecule has 12 rings (SSSR count). The molecule has 0 spiro atoms. The largest absolute Gasteiger partial charge is 0.456 e. The minimum atomic E-state index is 0.842. The van der Waals surface area contributed by atoms with Crippen LogP contribution >= 0.6 is 22.7 Å². The Hall–Kier alpha value is -5.94. The van der Waals surface area contributed by atoms with Gasteiger partial charge in [-0.05, 0) is 79.8 Å². The van der Waals surface area contributed by atoms with Gasteiger partial charge >= 0.3 is 0 Å². The molecule has 4 heteroatoms. The second kappa shape index (κ2) is 9.82. The first-order valence-corrected chi connectivity index (χ1v) is 18.5. The Kier molecular flexibility index (Phi) is 5.29. The first kappa shape index (κ1) is 26.9. The van der Waals surface area contributed by atoms with Gasteiger partial charge in [-0.2, -0.15) is 0 Å². The van der Waals surface area contributed by atoms with E-state index < -0.39 is 0 Å². The summed E-state index contributed by atoms with van der Waals surface area (Å²) in [4.78, 5) is 0. The minimum Gasteiger partial charge on any atom is -0.456 e. The Balaban J connectivity index is 1.22. The average Bonchev–Trinajstić information content (AvgIpc) is 3.95. The number of para-hydroxylation sites is 2. The van der Waals surface area contributed by atoms with Gasteiger partial charge in [0.1, 0.15) is 22.3 Å². The summed E-state index contributed by atoms with van der Waals surface area (Å²) in [6.07, 6.45) is 0. The number of fused-ring (bicyclic) bond motifs is 14. The molecule has 0 saturated carbocycles. The highest BCUT2D eigenvalue weighted by Gasteiger charge is 2.23. The van der Waals surface area contributed by atoms with Gasteiger partial charge in [0.05, 0.1) is 5.39 Å². The molecule has 0 aliphatic heterocycles. The molecule has 50 heavy (non-hydrogen) atoms. The third-order valence-electron chi connectivity index (χ3n) is 10.6. The van der Waals surface area contributed by atoms with E-state index in [1.165, 1.54) is 68.5 Å². The van der Waals surface area contributed by atoms with E-state index >= 15 is 0 Å². The van der Waals surface area contributed by atoms with E-state index in [9.17, 15) is 0 Å². The summed E-state index contributed by atoms with van der Waals surface area (Å²) in [6, 6.07) is 50.5. The Bertz CT molecular complexity index is 3330. The molecule has 0 unspecified atom stereocenters. The van der Waals surface area contributed by atoms with Gasteiger partial charge in [0, 0.05) is 52.2 Å². The lowest BCUT2D eigenvalue weighted by atomic mass is 9.84. The van der Waals surface area contributed by atoms with Crippen LogP contribution in [0.3, 0.4) is 0 Å². The summed E-state index contributed by atoms with van der Waals surface area (Å²) in [5, 5.41) is 15.5. The normalized spacial score (nSPS) is 12.4. The summed E-state index contributed by atoms with van der Waals surface area (Å²) in [7, 11) is 0. The molecule has 0 radical (unpaired) electrons. The Morgan fingerprint density at radius 2 is 1.02 bits per heavy atom. The van der Waals surface area contributed by atoms with Gasteiger partial charge in [0.25, 0.3) is 0 Å². The molecule has 0 amide bonds. The number of hydrogen-bond donors (Lipinski definition) is 0. The molecule has 4 aromatic heterocycles. The third kappa shape index (κ3) is 3.46. The van der Waals surface area contributed by atoms with Gasteiger partial charge in [-0.3, -0.25) is 0 Å². The van der Waals surface area contributed by atoms with Crippen molar-refractivity contribution < 1.29 is 8.83 Å². The third-order valence-corrected chi connectivity index (χ3v) is 12.6. The van der Waals surface area contributed by atoms with Crippen LogP contribution in [-0.2, 0) is 0 Å². The van der Waals surface area contributed by atoms with Crippen molar-refractivity contribution in [2.75, 3.05) is 0 Å². The molecule has 0 fully saturated rings. The quantitative estimate of drug-likeness (QED) is 0.171. The molecular weight excluding hydrogens is 649 g/mol. The molecule has 232 valence electrons. The highest BCUT2D eigenvalue weighted by molar-refractivity contribution is 7.27. The summed E-state index contributed by atoms with van der Waals surface area (Å²) < 4.78 is 17.3. The van der Waals surface area contributed by atoms with Gasteiger partial charge in [-0.15, -0.1) is 22.7 Å². The van der Waals surface area contributed by atoms with E-state index in [0.717, 1.165) is 49.4 Å². The van der Waals surface area contributed by atoms with Gasteiger partial charge in [0.15, 0.2) is 0 Å². The molecule has 0 saturated heterocycles.